The smallest absolute Gasteiger partial charge is 0.277 e. The van der Waals surface area contributed by atoms with E-state index in [4.69, 9.17) is 4.74 Å². The summed E-state index contributed by atoms with van der Waals surface area (Å²) in [6.45, 7) is 3.87. The lowest BCUT2D eigenvalue weighted by molar-refractivity contribution is 0.0655. The number of carbonyl (C=O) groups excluding carboxylic acids is 1. The summed E-state index contributed by atoms with van der Waals surface area (Å²) in [5.41, 5.74) is 0.755. The zero-order valence-corrected chi connectivity index (χ0v) is 11.9. The molecule has 2 atom stereocenters. The SMILES string of the molecule is COc1c2n3c(c(C)c1=O)C(O)CN3C(C)N(C)C2=O. The van der Waals surface area contributed by atoms with Gasteiger partial charge in [-0.1, -0.05) is 0 Å². The molecule has 0 radical (unpaired) electrons. The van der Waals surface area contributed by atoms with Crippen LogP contribution in [0.1, 0.15) is 34.8 Å². The van der Waals surface area contributed by atoms with Crippen LogP contribution in [-0.4, -0.2) is 47.5 Å². The Hall–Kier alpha value is -2.02. The van der Waals surface area contributed by atoms with Crippen molar-refractivity contribution in [1.82, 2.24) is 9.58 Å². The number of aliphatic hydroxyl groups is 1. The van der Waals surface area contributed by atoms with Crippen molar-refractivity contribution in [1.29, 1.82) is 0 Å². The Morgan fingerprint density at radius 1 is 1.35 bits per heavy atom. The molecule has 20 heavy (non-hydrogen) atoms. The molecule has 1 N–H and O–H groups in total. The van der Waals surface area contributed by atoms with E-state index in [-0.39, 0.29) is 28.9 Å². The highest BCUT2D eigenvalue weighted by Gasteiger charge is 2.44. The van der Waals surface area contributed by atoms with Crippen LogP contribution in [0.4, 0.5) is 0 Å². The van der Waals surface area contributed by atoms with Gasteiger partial charge in [0.15, 0.2) is 11.4 Å². The summed E-state index contributed by atoms with van der Waals surface area (Å²) in [5.74, 6) is -0.243. The van der Waals surface area contributed by atoms with Crippen LogP contribution in [0.25, 0.3) is 0 Å². The monoisotopic (exact) mass is 279 g/mol. The highest BCUT2D eigenvalue weighted by molar-refractivity contribution is 5.96. The van der Waals surface area contributed by atoms with Gasteiger partial charge in [-0.25, -0.2) is 4.68 Å². The van der Waals surface area contributed by atoms with Gasteiger partial charge >= 0.3 is 0 Å². The summed E-state index contributed by atoms with van der Waals surface area (Å²) in [6.07, 6.45) is -0.980. The molecular weight excluding hydrogens is 262 g/mol. The van der Waals surface area contributed by atoms with E-state index < -0.39 is 6.10 Å². The molecule has 0 aromatic carbocycles. The van der Waals surface area contributed by atoms with E-state index >= 15 is 0 Å². The number of aromatic nitrogens is 1. The van der Waals surface area contributed by atoms with Gasteiger partial charge in [0.05, 0.1) is 19.3 Å². The fraction of sp³-hybridized carbons (Fsp3) is 0.538. The van der Waals surface area contributed by atoms with Gasteiger partial charge in [-0.3, -0.25) is 14.6 Å². The molecule has 0 fully saturated rings. The van der Waals surface area contributed by atoms with Gasteiger partial charge < -0.3 is 14.7 Å². The van der Waals surface area contributed by atoms with Gasteiger partial charge in [0.25, 0.3) is 5.91 Å². The van der Waals surface area contributed by atoms with Gasteiger partial charge in [0.2, 0.25) is 5.43 Å². The van der Waals surface area contributed by atoms with E-state index in [1.54, 1.807) is 18.6 Å². The van der Waals surface area contributed by atoms with Crippen LogP contribution in [0.3, 0.4) is 0 Å². The number of nitrogens with zero attached hydrogens (tertiary/aromatic N) is 3. The van der Waals surface area contributed by atoms with E-state index in [2.05, 4.69) is 0 Å². The van der Waals surface area contributed by atoms with E-state index in [1.165, 1.54) is 12.0 Å². The standard InChI is InChI=1S/C13H17N3O4/c1-6-9-8(17)5-15-7(2)14(3)13(19)10(16(9)15)12(20-4)11(6)18/h7-8,17H,5H2,1-4H3. The highest BCUT2D eigenvalue weighted by atomic mass is 16.5. The number of ether oxygens (including phenoxy) is 1. The fourth-order valence-corrected chi connectivity index (χ4v) is 3.01. The Kier molecular flexibility index (Phi) is 2.59. The summed E-state index contributed by atoms with van der Waals surface area (Å²) in [7, 11) is 3.05. The summed E-state index contributed by atoms with van der Waals surface area (Å²) >= 11 is 0. The Morgan fingerprint density at radius 2 is 2.00 bits per heavy atom. The van der Waals surface area contributed by atoms with Crippen LogP contribution < -0.4 is 15.2 Å². The number of aliphatic hydroxyl groups excluding tert-OH is 1. The van der Waals surface area contributed by atoms with Gasteiger partial charge in [0.1, 0.15) is 12.3 Å². The van der Waals surface area contributed by atoms with Crippen LogP contribution in [0.2, 0.25) is 0 Å². The predicted octanol–water partition coefficient (Wildman–Crippen LogP) is -0.418. The van der Waals surface area contributed by atoms with Crippen LogP contribution in [0.15, 0.2) is 4.79 Å². The Morgan fingerprint density at radius 3 is 2.60 bits per heavy atom. The molecule has 3 rings (SSSR count). The first kappa shape index (κ1) is 13.0. The number of carbonyl (C=O) groups is 1. The first-order valence-electron chi connectivity index (χ1n) is 6.45. The fourth-order valence-electron chi connectivity index (χ4n) is 3.01. The van der Waals surface area contributed by atoms with Crippen molar-refractivity contribution in [3.63, 3.8) is 0 Å². The first-order valence-corrected chi connectivity index (χ1v) is 6.45. The minimum atomic E-state index is -0.783. The number of rotatable bonds is 1. The summed E-state index contributed by atoms with van der Waals surface area (Å²) in [4.78, 5) is 26.3. The minimum absolute atomic E-state index is 0.0362. The third-order valence-electron chi connectivity index (χ3n) is 4.24. The molecule has 0 aliphatic carbocycles. The lowest BCUT2D eigenvalue weighted by atomic mass is 10.1. The van der Waals surface area contributed by atoms with Crippen molar-refractivity contribution in [3.05, 3.63) is 27.2 Å². The lowest BCUT2D eigenvalue weighted by Crippen LogP contribution is -2.57. The van der Waals surface area contributed by atoms with Crippen LogP contribution >= 0.6 is 0 Å². The van der Waals surface area contributed by atoms with Crippen LogP contribution in [-0.2, 0) is 0 Å². The van der Waals surface area contributed by atoms with Crippen molar-refractivity contribution in [3.8, 4) is 5.75 Å². The lowest BCUT2D eigenvalue weighted by Gasteiger charge is -2.41. The summed E-state index contributed by atoms with van der Waals surface area (Å²) < 4.78 is 6.80. The molecule has 0 saturated carbocycles. The molecule has 2 unspecified atom stereocenters. The minimum Gasteiger partial charge on any atom is -0.491 e. The molecule has 3 heterocycles. The van der Waals surface area contributed by atoms with E-state index in [0.717, 1.165) is 0 Å². The average molecular weight is 279 g/mol. The third kappa shape index (κ3) is 1.33. The second-order valence-electron chi connectivity index (χ2n) is 5.22. The molecule has 2 aliphatic heterocycles. The second kappa shape index (κ2) is 3.99. The first-order chi connectivity index (χ1) is 9.40. The maximum absolute atomic E-state index is 12.5. The molecule has 0 spiro atoms. The number of amides is 1. The van der Waals surface area contributed by atoms with Crippen LogP contribution in [0.5, 0.6) is 5.75 Å². The molecule has 7 nitrogen and oxygen atoms in total. The Balaban J connectivity index is 2.44. The largest absolute Gasteiger partial charge is 0.491 e. The Bertz CT molecular complexity index is 667. The molecule has 0 bridgehead atoms. The molecule has 7 heteroatoms. The number of hydrogen-bond acceptors (Lipinski definition) is 5. The van der Waals surface area contributed by atoms with Gasteiger partial charge in [-0.15, -0.1) is 0 Å². The molecule has 0 saturated heterocycles. The predicted molar refractivity (Wildman–Crippen MR) is 71.6 cm³/mol. The van der Waals surface area contributed by atoms with Crippen molar-refractivity contribution < 1.29 is 14.6 Å². The number of hydrogen-bond donors (Lipinski definition) is 1. The topological polar surface area (TPSA) is 75.0 Å². The second-order valence-corrected chi connectivity index (χ2v) is 5.22. The normalized spacial score (nSPS) is 24.1. The highest BCUT2D eigenvalue weighted by Crippen LogP contribution is 2.34. The Labute approximate surface area is 115 Å². The maximum Gasteiger partial charge on any atom is 0.277 e. The third-order valence-corrected chi connectivity index (χ3v) is 4.24. The van der Waals surface area contributed by atoms with Crippen LogP contribution in [0, 0.1) is 6.92 Å². The molecule has 1 amide bonds. The van der Waals surface area contributed by atoms with Gasteiger partial charge in [-0.05, 0) is 13.8 Å². The molecule has 1 aromatic heterocycles. The van der Waals surface area contributed by atoms with E-state index in [1.807, 2.05) is 11.9 Å². The van der Waals surface area contributed by atoms with Crippen molar-refractivity contribution in [2.75, 3.05) is 25.7 Å². The number of methoxy groups -OCH3 is 1. The van der Waals surface area contributed by atoms with E-state index in [0.29, 0.717) is 17.8 Å². The van der Waals surface area contributed by atoms with Gasteiger partial charge in [-0.2, -0.15) is 0 Å². The quantitative estimate of drug-likeness (QED) is 0.756. The zero-order chi connectivity index (χ0) is 14.8. The average Bonchev–Trinajstić information content (AvgIpc) is 2.76. The summed E-state index contributed by atoms with van der Waals surface area (Å²) in [6, 6.07) is 0. The van der Waals surface area contributed by atoms with Crippen molar-refractivity contribution in [2.24, 2.45) is 0 Å². The molecule has 108 valence electrons. The maximum atomic E-state index is 12.5. The molecule has 2 aliphatic rings. The van der Waals surface area contributed by atoms with Gasteiger partial charge in [0, 0.05) is 12.6 Å². The molecule has 1 aromatic rings. The number of pyridine rings is 1. The van der Waals surface area contributed by atoms with Crippen molar-refractivity contribution >= 4 is 5.91 Å². The molecular formula is C13H17N3O4. The van der Waals surface area contributed by atoms with E-state index in [9.17, 15) is 14.7 Å². The van der Waals surface area contributed by atoms with Crippen molar-refractivity contribution in [2.45, 2.75) is 26.1 Å². The zero-order valence-electron chi connectivity index (χ0n) is 11.9. The summed E-state index contributed by atoms with van der Waals surface area (Å²) in [5, 5.41) is 12.1.